The minimum Gasteiger partial charge on any atom is -0.398 e. The van der Waals surface area contributed by atoms with Crippen LogP contribution in [0.2, 0.25) is 0 Å². The van der Waals surface area contributed by atoms with Gasteiger partial charge in [0, 0.05) is 37.7 Å². The van der Waals surface area contributed by atoms with Gasteiger partial charge in [-0.2, -0.15) is 0 Å². The van der Waals surface area contributed by atoms with Gasteiger partial charge in [0.15, 0.2) is 0 Å². The van der Waals surface area contributed by atoms with E-state index in [2.05, 4.69) is 5.32 Å². The summed E-state index contributed by atoms with van der Waals surface area (Å²) in [4.78, 5) is 1.04. The zero-order valence-electron chi connectivity index (χ0n) is 9.43. The van der Waals surface area contributed by atoms with Crippen molar-refractivity contribution < 1.29 is 8.42 Å². The molecule has 16 heavy (non-hydrogen) atoms. The number of sulfonamides is 1. The third kappa shape index (κ3) is 3.75. The summed E-state index contributed by atoms with van der Waals surface area (Å²) in [6.07, 6.45) is 0. The highest BCUT2D eigenvalue weighted by atomic mass is 32.2. The molecule has 3 N–H and O–H groups in total. The molecule has 0 fully saturated rings. The predicted octanol–water partition coefficient (Wildman–Crippen LogP) is 0.311. The first-order valence-corrected chi connectivity index (χ1v) is 7.35. The fraction of sp³-hybridized carbons (Fsp3) is 0.556. The largest absolute Gasteiger partial charge is 0.398 e. The highest BCUT2D eigenvalue weighted by Gasteiger charge is 2.12. The summed E-state index contributed by atoms with van der Waals surface area (Å²) >= 11 is 1.57. The molecule has 0 aliphatic rings. The highest BCUT2D eigenvalue weighted by Crippen LogP contribution is 2.17. The molecule has 1 aromatic heterocycles. The lowest BCUT2D eigenvalue weighted by atomic mass is 10.4. The molecule has 0 aliphatic carbocycles. The molecular weight excluding hydrogens is 246 g/mol. The number of nitrogen functional groups attached to an aromatic ring is 1. The third-order valence-electron chi connectivity index (χ3n) is 2.16. The van der Waals surface area contributed by atoms with Gasteiger partial charge < -0.3 is 11.1 Å². The molecular formula is C9H17N3O2S2. The van der Waals surface area contributed by atoms with Crippen LogP contribution in [0.1, 0.15) is 4.88 Å². The summed E-state index contributed by atoms with van der Waals surface area (Å²) in [6, 6.07) is 1.85. The van der Waals surface area contributed by atoms with Crippen molar-refractivity contribution in [1.29, 1.82) is 0 Å². The van der Waals surface area contributed by atoms with Crippen LogP contribution in [0, 0.1) is 0 Å². The van der Waals surface area contributed by atoms with E-state index in [1.54, 1.807) is 11.3 Å². The van der Waals surface area contributed by atoms with E-state index >= 15 is 0 Å². The van der Waals surface area contributed by atoms with Gasteiger partial charge in [-0.15, -0.1) is 11.3 Å². The molecule has 1 aromatic rings. The second-order valence-corrected chi connectivity index (χ2v) is 6.88. The molecule has 0 bridgehead atoms. The normalized spacial score (nSPS) is 12.2. The van der Waals surface area contributed by atoms with Crippen molar-refractivity contribution in [3.05, 3.63) is 16.3 Å². The van der Waals surface area contributed by atoms with E-state index in [9.17, 15) is 8.42 Å². The van der Waals surface area contributed by atoms with Crippen LogP contribution in [-0.2, 0) is 16.6 Å². The standard InChI is InChI=1S/C9H17N3O2S2/c1-12(2)16(13,14)6-4-11-7-9-8(10)3-5-15-9/h3,5,11H,4,6-7,10H2,1-2H3. The molecule has 7 heteroatoms. The van der Waals surface area contributed by atoms with Crippen LogP contribution in [-0.4, -0.2) is 39.1 Å². The summed E-state index contributed by atoms with van der Waals surface area (Å²) in [6.45, 7) is 1.05. The lowest BCUT2D eigenvalue weighted by Crippen LogP contribution is -2.30. The molecule has 0 unspecified atom stereocenters. The molecule has 0 radical (unpaired) electrons. The molecule has 0 atom stereocenters. The first-order valence-electron chi connectivity index (χ1n) is 4.86. The van der Waals surface area contributed by atoms with Crippen LogP contribution in [0.15, 0.2) is 11.4 Å². The average molecular weight is 263 g/mol. The SMILES string of the molecule is CN(C)S(=O)(=O)CCNCc1sccc1N. The van der Waals surface area contributed by atoms with Crippen LogP contribution in [0.5, 0.6) is 0 Å². The molecule has 0 aliphatic heterocycles. The Labute approximate surface area is 100 Å². The van der Waals surface area contributed by atoms with Gasteiger partial charge in [-0.3, -0.25) is 0 Å². The number of anilines is 1. The lowest BCUT2D eigenvalue weighted by Gasteiger charge is -2.11. The molecule has 0 amide bonds. The fourth-order valence-corrected chi connectivity index (χ4v) is 2.62. The van der Waals surface area contributed by atoms with Crippen LogP contribution in [0.3, 0.4) is 0 Å². The summed E-state index contributed by atoms with van der Waals surface area (Å²) in [5.74, 6) is 0.102. The lowest BCUT2D eigenvalue weighted by molar-refractivity contribution is 0.517. The number of nitrogens with one attached hydrogen (secondary N) is 1. The van der Waals surface area contributed by atoms with Crippen LogP contribution in [0.25, 0.3) is 0 Å². The number of rotatable bonds is 6. The number of nitrogens with zero attached hydrogens (tertiary/aromatic N) is 1. The molecule has 0 saturated heterocycles. The monoisotopic (exact) mass is 263 g/mol. The van der Waals surface area contributed by atoms with Crippen molar-refractivity contribution in [3.63, 3.8) is 0 Å². The molecule has 0 saturated carbocycles. The zero-order valence-corrected chi connectivity index (χ0v) is 11.1. The van der Waals surface area contributed by atoms with Crippen LogP contribution >= 0.6 is 11.3 Å². The fourth-order valence-electron chi connectivity index (χ4n) is 1.08. The van der Waals surface area contributed by atoms with Crippen molar-refractivity contribution >= 4 is 27.0 Å². The third-order valence-corrected chi connectivity index (χ3v) is 4.93. The Morgan fingerprint density at radius 1 is 1.50 bits per heavy atom. The van der Waals surface area contributed by atoms with Gasteiger partial charge in [0.2, 0.25) is 10.0 Å². The van der Waals surface area contributed by atoms with E-state index in [0.29, 0.717) is 13.1 Å². The van der Waals surface area contributed by atoms with Crippen molar-refractivity contribution in [2.45, 2.75) is 6.54 Å². The van der Waals surface area contributed by atoms with Gasteiger partial charge in [0.25, 0.3) is 0 Å². The second-order valence-electron chi connectivity index (χ2n) is 3.57. The Morgan fingerprint density at radius 2 is 2.19 bits per heavy atom. The van der Waals surface area contributed by atoms with Crippen molar-refractivity contribution in [2.24, 2.45) is 0 Å². The minimum absolute atomic E-state index is 0.102. The van der Waals surface area contributed by atoms with Crippen molar-refractivity contribution in [2.75, 3.05) is 32.1 Å². The summed E-state index contributed by atoms with van der Waals surface area (Å²) < 4.78 is 24.1. The van der Waals surface area contributed by atoms with E-state index < -0.39 is 10.0 Å². The van der Waals surface area contributed by atoms with Crippen LogP contribution in [0.4, 0.5) is 5.69 Å². The first-order chi connectivity index (χ1) is 7.43. The molecule has 5 nitrogen and oxygen atoms in total. The van der Waals surface area contributed by atoms with Crippen molar-refractivity contribution in [1.82, 2.24) is 9.62 Å². The Kier molecular flexibility index (Phi) is 4.72. The van der Waals surface area contributed by atoms with Gasteiger partial charge in [-0.1, -0.05) is 0 Å². The highest BCUT2D eigenvalue weighted by molar-refractivity contribution is 7.89. The summed E-state index contributed by atoms with van der Waals surface area (Å²) in [7, 11) is -0.0378. The molecule has 0 spiro atoms. The molecule has 1 rings (SSSR count). The smallest absolute Gasteiger partial charge is 0.214 e. The van der Waals surface area contributed by atoms with Gasteiger partial charge >= 0.3 is 0 Å². The maximum atomic E-state index is 11.4. The van der Waals surface area contributed by atoms with E-state index in [-0.39, 0.29) is 5.75 Å². The number of nitrogens with two attached hydrogens (primary N) is 1. The maximum absolute atomic E-state index is 11.4. The topological polar surface area (TPSA) is 75.4 Å². The van der Waals surface area contributed by atoms with E-state index in [1.165, 1.54) is 18.4 Å². The van der Waals surface area contributed by atoms with Gasteiger partial charge in [-0.25, -0.2) is 12.7 Å². The molecule has 92 valence electrons. The average Bonchev–Trinajstić information content (AvgIpc) is 2.59. The quantitative estimate of drug-likeness (QED) is 0.724. The van der Waals surface area contributed by atoms with E-state index in [4.69, 9.17) is 5.73 Å². The van der Waals surface area contributed by atoms with E-state index in [0.717, 1.165) is 10.6 Å². The minimum atomic E-state index is -3.11. The Balaban J connectivity index is 2.30. The number of hydrogen-bond acceptors (Lipinski definition) is 5. The van der Waals surface area contributed by atoms with E-state index in [1.807, 2.05) is 11.4 Å². The van der Waals surface area contributed by atoms with Crippen LogP contribution < -0.4 is 11.1 Å². The zero-order chi connectivity index (χ0) is 12.2. The molecule has 0 aromatic carbocycles. The van der Waals surface area contributed by atoms with Crippen molar-refractivity contribution in [3.8, 4) is 0 Å². The Hall–Kier alpha value is -0.630. The number of thiophene rings is 1. The van der Waals surface area contributed by atoms with Gasteiger partial charge in [0.05, 0.1) is 5.75 Å². The molecule has 1 heterocycles. The Bertz CT molecular complexity index is 426. The summed E-state index contributed by atoms with van der Waals surface area (Å²) in [5, 5.41) is 4.98. The van der Waals surface area contributed by atoms with Gasteiger partial charge in [-0.05, 0) is 11.4 Å². The first kappa shape index (κ1) is 13.4. The van der Waals surface area contributed by atoms with Gasteiger partial charge in [0.1, 0.15) is 0 Å². The Morgan fingerprint density at radius 3 is 2.69 bits per heavy atom. The second kappa shape index (κ2) is 5.62. The number of hydrogen-bond donors (Lipinski definition) is 2. The summed E-state index contributed by atoms with van der Waals surface area (Å²) in [5.41, 5.74) is 6.46. The predicted molar refractivity (Wildman–Crippen MR) is 67.9 cm³/mol. The maximum Gasteiger partial charge on any atom is 0.214 e.